The molecule has 150 valence electrons. The van der Waals surface area contributed by atoms with Crippen LogP contribution >= 0.6 is 11.8 Å². The number of aliphatic imine (C=N–C) groups is 1. The summed E-state index contributed by atoms with van der Waals surface area (Å²) >= 11 is 1.46. The van der Waals surface area contributed by atoms with Gasteiger partial charge in [0.05, 0.1) is 0 Å². The first-order chi connectivity index (χ1) is 12.8. The highest BCUT2D eigenvalue weighted by Crippen LogP contribution is 2.40. The maximum Gasteiger partial charge on any atom is 0.303 e. The summed E-state index contributed by atoms with van der Waals surface area (Å²) in [5, 5.41) is 0.842. The number of hydrogen-bond acceptors (Lipinski definition) is 10. The third-order valence-electron chi connectivity index (χ3n) is 4.53. The van der Waals surface area contributed by atoms with Gasteiger partial charge in [0.25, 0.3) is 0 Å². The highest BCUT2D eigenvalue weighted by atomic mass is 32.2. The summed E-state index contributed by atoms with van der Waals surface area (Å²) in [5.74, 6) is -1.51. The second kappa shape index (κ2) is 8.47. The van der Waals surface area contributed by atoms with Crippen LogP contribution in [-0.2, 0) is 33.3 Å². The van der Waals surface area contributed by atoms with Gasteiger partial charge < -0.3 is 23.8 Å². The molecular weight excluding hydrogens is 376 g/mol. The van der Waals surface area contributed by atoms with Crippen LogP contribution in [0.4, 0.5) is 0 Å². The third-order valence-corrected chi connectivity index (χ3v) is 5.72. The van der Waals surface area contributed by atoms with Crippen molar-refractivity contribution in [2.75, 3.05) is 19.7 Å². The van der Waals surface area contributed by atoms with Crippen LogP contribution in [0, 0.1) is 0 Å². The van der Waals surface area contributed by atoms with Crippen LogP contribution in [-0.4, -0.2) is 77.5 Å². The number of carbonyl (C=O) groups excluding carboxylic acids is 3. The molecule has 0 aromatic heterocycles. The zero-order chi connectivity index (χ0) is 19.6. The first-order valence-electron chi connectivity index (χ1n) is 8.98. The second-order valence-electron chi connectivity index (χ2n) is 6.71. The van der Waals surface area contributed by atoms with Gasteiger partial charge in [0.15, 0.2) is 17.4 Å². The van der Waals surface area contributed by atoms with Gasteiger partial charge >= 0.3 is 17.9 Å². The fourth-order valence-electron chi connectivity index (χ4n) is 3.45. The van der Waals surface area contributed by atoms with Crippen LogP contribution in [0.15, 0.2) is 4.99 Å². The molecule has 0 bridgehead atoms. The highest BCUT2D eigenvalue weighted by Gasteiger charge is 2.53. The maximum atomic E-state index is 11.7. The number of esters is 3. The van der Waals surface area contributed by atoms with E-state index in [1.54, 1.807) is 0 Å². The minimum atomic E-state index is -0.908. The predicted octanol–water partition coefficient (Wildman–Crippen LogP) is 0.705. The van der Waals surface area contributed by atoms with Crippen LogP contribution in [0.1, 0.15) is 33.6 Å². The van der Waals surface area contributed by atoms with E-state index in [1.807, 2.05) is 0 Å². The number of nitrogens with zero attached hydrogens (tertiary/aromatic N) is 2. The van der Waals surface area contributed by atoms with Crippen molar-refractivity contribution < 1.29 is 33.3 Å². The lowest BCUT2D eigenvalue weighted by molar-refractivity contribution is -0.208. The van der Waals surface area contributed by atoms with E-state index in [0.717, 1.165) is 31.1 Å². The van der Waals surface area contributed by atoms with Crippen LogP contribution in [0.3, 0.4) is 0 Å². The number of amidine groups is 1. The lowest BCUT2D eigenvalue weighted by Crippen LogP contribution is -2.59. The second-order valence-corrected chi connectivity index (χ2v) is 7.77. The maximum absolute atomic E-state index is 11.7. The predicted molar refractivity (Wildman–Crippen MR) is 96.0 cm³/mol. The van der Waals surface area contributed by atoms with Crippen LogP contribution in [0.5, 0.6) is 0 Å². The molecule has 3 rings (SSSR count). The van der Waals surface area contributed by atoms with E-state index in [-0.39, 0.29) is 6.61 Å². The van der Waals surface area contributed by atoms with E-state index in [4.69, 9.17) is 23.9 Å². The van der Waals surface area contributed by atoms with E-state index in [1.165, 1.54) is 32.5 Å². The van der Waals surface area contributed by atoms with Gasteiger partial charge in [-0.15, -0.1) is 0 Å². The van der Waals surface area contributed by atoms with E-state index < -0.39 is 47.7 Å². The monoisotopic (exact) mass is 400 g/mol. The smallest absolute Gasteiger partial charge is 0.303 e. The Balaban J connectivity index is 1.85. The minimum Gasteiger partial charge on any atom is -0.463 e. The first-order valence-corrected chi connectivity index (χ1v) is 9.86. The van der Waals surface area contributed by atoms with Crippen LogP contribution in [0.25, 0.3) is 0 Å². The minimum absolute atomic E-state index is 0.103. The standard InChI is InChI=1S/C17H24N2O7S/c1-9(20)23-8-12-14(24-10(2)21)15(25-11(3)22)13-16(26-12)27-17(18-13)19-6-4-5-7-19/h12-16H,4-8H2,1-3H3/t12-,13-,14-,15-,16-/m1/s1. The Bertz CT molecular complexity index is 635. The van der Waals surface area contributed by atoms with Crippen molar-refractivity contribution >= 4 is 34.8 Å². The van der Waals surface area contributed by atoms with E-state index in [9.17, 15) is 14.4 Å². The Morgan fingerprint density at radius 1 is 1.07 bits per heavy atom. The Morgan fingerprint density at radius 3 is 2.30 bits per heavy atom. The van der Waals surface area contributed by atoms with Gasteiger partial charge in [-0.1, -0.05) is 11.8 Å². The number of hydrogen-bond donors (Lipinski definition) is 0. The van der Waals surface area contributed by atoms with E-state index in [2.05, 4.69) is 4.90 Å². The van der Waals surface area contributed by atoms with Gasteiger partial charge in [0.1, 0.15) is 24.2 Å². The fourth-order valence-corrected chi connectivity index (χ4v) is 4.72. The molecule has 0 saturated carbocycles. The molecule has 3 aliphatic rings. The molecule has 0 aromatic rings. The summed E-state index contributed by atoms with van der Waals surface area (Å²) in [6.07, 6.45) is -0.251. The Kier molecular flexibility index (Phi) is 6.25. The normalized spacial score (nSPS) is 32.5. The number of ether oxygens (including phenoxy) is 4. The lowest BCUT2D eigenvalue weighted by Gasteiger charge is -2.41. The van der Waals surface area contributed by atoms with Gasteiger partial charge in [0.2, 0.25) is 0 Å². The average Bonchev–Trinajstić information content (AvgIpc) is 3.23. The quantitative estimate of drug-likeness (QED) is 0.498. The van der Waals surface area contributed by atoms with Crippen LogP contribution < -0.4 is 0 Å². The van der Waals surface area contributed by atoms with Gasteiger partial charge in [-0.3, -0.25) is 19.4 Å². The molecule has 0 spiro atoms. The summed E-state index contributed by atoms with van der Waals surface area (Å²) in [5.41, 5.74) is -0.405. The molecule has 0 unspecified atom stereocenters. The molecule has 27 heavy (non-hydrogen) atoms. The first kappa shape index (κ1) is 19.9. The molecule has 0 N–H and O–H groups in total. The Morgan fingerprint density at radius 2 is 1.70 bits per heavy atom. The van der Waals surface area contributed by atoms with Gasteiger partial charge in [0, 0.05) is 33.9 Å². The zero-order valence-corrected chi connectivity index (χ0v) is 16.4. The number of likely N-dealkylation sites (tertiary alicyclic amines) is 1. The number of fused-ring (bicyclic) bond motifs is 1. The number of thioether (sulfide) groups is 1. The molecule has 5 atom stereocenters. The van der Waals surface area contributed by atoms with Crippen molar-refractivity contribution in [2.45, 2.75) is 63.4 Å². The van der Waals surface area contributed by atoms with Gasteiger partial charge in [-0.25, -0.2) is 0 Å². The summed E-state index contributed by atoms with van der Waals surface area (Å²) in [4.78, 5) is 41.4. The molecular formula is C17H24N2O7S. The molecule has 2 fully saturated rings. The topological polar surface area (TPSA) is 104 Å². The molecule has 0 radical (unpaired) electrons. The largest absolute Gasteiger partial charge is 0.463 e. The Hall–Kier alpha value is -1.81. The molecule has 9 nitrogen and oxygen atoms in total. The molecule has 3 heterocycles. The summed E-state index contributed by atoms with van der Waals surface area (Å²) in [6, 6.07) is -0.493. The van der Waals surface area contributed by atoms with Crippen molar-refractivity contribution in [2.24, 2.45) is 4.99 Å². The van der Waals surface area contributed by atoms with E-state index in [0.29, 0.717) is 0 Å². The fraction of sp³-hybridized carbons (Fsp3) is 0.765. The zero-order valence-electron chi connectivity index (χ0n) is 15.6. The molecule has 0 amide bonds. The van der Waals surface area contributed by atoms with Gasteiger partial charge in [-0.2, -0.15) is 0 Å². The van der Waals surface area contributed by atoms with Crippen LogP contribution in [0.2, 0.25) is 0 Å². The highest BCUT2D eigenvalue weighted by molar-refractivity contribution is 8.14. The summed E-state index contributed by atoms with van der Waals surface area (Å²) in [6.45, 7) is 5.59. The SMILES string of the molecule is CC(=O)OC[C@H]1O[C@@H]2SC(N3CCCC3)=N[C@@H]2[C@@H](OC(C)=O)[C@@H]1OC(C)=O. The number of carbonyl (C=O) groups is 3. The molecule has 3 aliphatic heterocycles. The van der Waals surface area contributed by atoms with Crippen molar-refractivity contribution in [3.05, 3.63) is 0 Å². The van der Waals surface area contributed by atoms with Crippen molar-refractivity contribution in [1.29, 1.82) is 0 Å². The third kappa shape index (κ3) is 4.73. The van der Waals surface area contributed by atoms with Crippen molar-refractivity contribution in [1.82, 2.24) is 4.90 Å². The Labute approximate surface area is 161 Å². The van der Waals surface area contributed by atoms with E-state index >= 15 is 0 Å². The molecule has 2 saturated heterocycles. The molecule has 0 aliphatic carbocycles. The van der Waals surface area contributed by atoms with Crippen molar-refractivity contribution in [3.63, 3.8) is 0 Å². The number of rotatable bonds is 4. The molecule has 10 heteroatoms. The summed E-state index contributed by atoms with van der Waals surface area (Å²) < 4.78 is 22.0. The summed E-state index contributed by atoms with van der Waals surface area (Å²) in [7, 11) is 0. The lowest BCUT2D eigenvalue weighted by atomic mass is 9.98. The van der Waals surface area contributed by atoms with Gasteiger partial charge in [-0.05, 0) is 12.8 Å². The average molecular weight is 400 g/mol. The van der Waals surface area contributed by atoms with Crippen molar-refractivity contribution in [3.8, 4) is 0 Å². The molecule has 0 aromatic carbocycles.